The van der Waals surface area contributed by atoms with Gasteiger partial charge in [0.2, 0.25) is 0 Å². The van der Waals surface area contributed by atoms with E-state index in [4.69, 9.17) is 18.9 Å². The van der Waals surface area contributed by atoms with E-state index in [1.165, 1.54) is 0 Å². The highest BCUT2D eigenvalue weighted by molar-refractivity contribution is 5.92. The standard InChI is InChI=1S/C27H28NO4/c1-28-15-14-21-11-13-24(30-3)27(32-18-19-8-6-5-7-9-19)26(21)22(28)16-20-10-12-23(29-2)25(17-20)31-4/h5-15,17H,16,18H2,1-4H3/q+1. The van der Waals surface area contributed by atoms with Crippen molar-refractivity contribution in [1.29, 1.82) is 0 Å². The zero-order valence-corrected chi connectivity index (χ0v) is 18.9. The summed E-state index contributed by atoms with van der Waals surface area (Å²) in [6, 6.07) is 22.3. The summed E-state index contributed by atoms with van der Waals surface area (Å²) in [7, 11) is 7.02. The van der Waals surface area contributed by atoms with Crippen LogP contribution in [0.3, 0.4) is 0 Å². The largest absolute Gasteiger partial charge is 0.493 e. The van der Waals surface area contributed by atoms with Gasteiger partial charge < -0.3 is 18.9 Å². The maximum atomic E-state index is 6.36. The van der Waals surface area contributed by atoms with Crippen molar-refractivity contribution >= 4 is 10.8 Å². The number of aromatic nitrogens is 1. The molecule has 0 aliphatic rings. The first kappa shape index (κ1) is 21.5. The van der Waals surface area contributed by atoms with Crippen molar-refractivity contribution in [3.05, 3.63) is 89.7 Å². The van der Waals surface area contributed by atoms with Crippen molar-refractivity contribution in [2.45, 2.75) is 13.0 Å². The van der Waals surface area contributed by atoms with Crippen LogP contribution < -0.4 is 23.5 Å². The third kappa shape index (κ3) is 4.33. The lowest BCUT2D eigenvalue weighted by molar-refractivity contribution is -0.677. The Morgan fingerprint density at radius 1 is 0.719 bits per heavy atom. The Labute approximate surface area is 188 Å². The lowest BCUT2D eigenvalue weighted by Gasteiger charge is -2.15. The molecule has 0 aliphatic heterocycles. The van der Waals surface area contributed by atoms with E-state index in [2.05, 4.69) is 48.1 Å². The van der Waals surface area contributed by atoms with Gasteiger partial charge in [-0.15, -0.1) is 0 Å². The Kier molecular flexibility index (Phi) is 6.45. The second-order valence-corrected chi connectivity index (χ2v) is 7.57. The van der Waals surface area contributed by atoms with E-state index in [9.17, 15) is 0 Å². The minimum atomic E-state index is 0.463. The molecule has 0 fully saturated rings. The van der Waals surface area contributed by atoms with Gasteiger partial charge in [0.1, 0.15) is 13.7 Å². The van der Waals surface area contributed by atoms with Gasteiger partial charge in [-0.05, 0) is 40.8 Å². The van der Waals surface area contributed by atoms with E-state index in [-0.39, 0.29) is 0 Å². The van der Waals surface area contributed by atoms with E-state index in [0.29, 0.717) is 30.3 Å². The van der Waals surface area contributed by atoms with Crippen molar-refractivity contribution in [2.75, 3.05) is 21.3 Å². The number of benzene rings is 3. The smallest absolute Gasteiger partial charge is 0.197 e. The first-order valence-corrected chi connectivity index (χ1v) is 10.5. The fraction of sp³-hybridized carbons (Fsp3) is 0.222. The predicted molar refractivity (Wildman–Crippen MR) is 125 cm³/mol. The molecule has 0 aliphatic carbocycles. The minimum absolute atomic E-state index is 0.463. The molecule has 0 atom stereocenters. The van der Waals surface area contributed by atoms with Crippen LogP contribution >= 0.6 is 0 Å². The quantitative estimate of drug-likeness (QED) is 0.374. The van der Waals surface area contributed by atoms with Gasteiger partial charge in [0.05, 0.1) is 33.1 Å². The van der Waals surface area contributed by atoms with E-state index in [0.717, 1.165) is 33.3 Å². The third-order valence-corrected chi connectivity index (χ3v) is 5.61. The molecule has 3 aromatic carbocycles. The SMILES string of the molecule is COc1ccc(Cc2c3c(OCc4ccccc4)c(OC)ccc3cc[n+]2C)cc1OC. The molecule has 1 aromatic heterocycles. The average Bonchev–Trinajstić information content (AvgIpc) is 2.84. The first-order chi connectivity index (χ1) is 15.6. The second kappa shape index (κ2) is 9.60. The summed E-state index contributed by atoms with van der Waals surface area (Å²) in [6.07, 6.45) is 2.77. The number of hydrogen-bond donors (Lipinski definition) is 0. The molecule has 32 heavy (non-hydrogen) atoms. The lowest BCUT2D eigenvalue weighted by Crippen LogP contribution is -2.33. The summed E-state index contributed by atoms with van der Waals surface area (Å²) in [6.45, 7) is 0.463. The van der Waals surface area contributed by atoms with Crippen LogP contribution in [0.1, 0.15) is 16.8 Å². The maximum Gasteiger partial charge on any atom is 0.197 e. The molecular weight excluding hydrogens is 402 g/mol. The van der Waals surface area contributed by atoms with E-state index < -0.39 is 0 Å². The van der Waals surface area contributed by atoms with Crippen LogP contribution in [0.25, 0.3) is 10.8 Å². The van der Waals surface area contributed by atoms with E-state index in [1.807, 2.05) is 36.4 Å². The summed E-state index contributed by atoms with van der Waals surface area (Å²) in [5.74, 6) is 2.90. The zero-order valence-electron chi connectivity index (χ0n) is 18.9. The van der Waals surface area contributed by atoms with Crippen molar-refractivity contribution in [3.8, 4) is 23.0 Å². The summed E-state index contributed by atoms with van der Waals surface area (Å²) in [5.41, 5.74) is 3.34. The highest BCUT2D eigenvalue weighted by Gasteiger charge is 2.21. The molecule has 164 valence electrons. The van der Waals surface area contributed by atoms with Crippen LogP contribution in [0.2, 0.25) is 0 Å². The van der Waals surface area contributed by atoms with Gasteiger partial charge in [-0.2, -0.15) is 0 Å². The van der Waals surface area contributed by atoms with E-state index in [1.54, 1.807) is 21.3 Å². The number of hydrogen-bond acceptors (Lipinski definition) is 4. The van der Waals surface area contributed by atoms with Gasteiger partial charge >= 0.3 is 0 Å². The third-order valence-electron chi connectivity index (χ3n) is 5.61. The monoisotopic (exact) mass is 430 g/mol. The molecular formula is C27H28NO4+. The fourth-order valence-electron chi connectivity index (χ4n) is 3.90. The maximum absolute atomic E-state index is 6.36. The number of rotatable bonds is 8. The number of aryl methyl sites for hydroxylation is 1. The van der Waals surface area contributed by atoms with Crippen LogP contribution in [0.15, 0.2) is 72.9 Å². The Bertz CT molecular complexity index is 1220. The van der Waals surface area contributed by atoms with Crippen molar-refractivity contribution < 1.29 is 23.5 Å². The Hall–Kier alpha value is -3.73. The number of fused-ring (bicyclic) bond motifs is 1. The summed E-state index contributed by atoms with van der Waals surface area (Å²) < 4.78 is 25.1. The molecule has 4 rings (SSSR count). The van der Waals surface area contributed by atoms with Crippen molar-refractivity contribution in [3.63, 3.8) is 0 Å². The number of pyridine rings is 1. The molecule has 4 aromatic rings. The summed E-state index contributed by atoms with van der Waals surface area (Å²) >= 11 is 0. The van der Waals surface area contributed by atoms with Crippen LogP contribution in [0.4, 0.5) is 0 Å². The van der Waals surface area contributed by atoms with Crippen LogP contribution in [0.5, 0.6) is 23.0 Å². The van der Waals surface area contributed by atoms with Crippen LogP contribution in [0, 0.1) is 0 Å². The van der Waals surface area contributed by atoms with Gasteiger partial charge in [0, 0.05) is 6.07 Å². The Morgan fingerprint density at radius 3 is 2.16 bits per heavy atom. The zero-order chi connectivity index (χ0) is 22.5. The summed E-state index contributed by atoms with van der Waals surface area (Å²) in [4.78, 5) is 0. The first-order valence-electron chi connectivity index (χ1n) is 10.5. The van der Waals surface area contributed by atoms with Gasteiger partial charge in [0.15, 0.2) is 34.9 Å². The highest BCUT2D eigenvalue weighted by atomic mass is 16.5. The molecule has 5 nitrogen and oxygen atoms in total. The van der Waals surface area contributed by atoms with Gasteiger partial charge in [-0.1, -0.05) is 36.4 Å². The molecule has 0 amide bonds. The summed E-state index contributed by atoms with van der Waals surface area (Å²) in [5, 5.41) is 2.14. The minimum Gasteiger partial charge on any atom is -0.493 e. The fourth-order valence-corrected chi connectivity index (χ4v) is 3.90. The lowest BCUT2D eigenvalue weighted by atomic mass is 10.0. The average molecular weight is 431 g/mol. The normalized spacial score (nSPS) is 10.8. The Balaban J connectivity index is 1.80. The second-order valence-electron chi connectivity index (χ2n) is 7.57. The van der Waals surface area contributed by atoms with Crippen molar-refractivity contribution in [2.24, 2.45) is 7.05 Å². The van der Waals surface area contributed by atoms with Gasteiger partial charge in [-0.25, -0.2) is 4.57 Å². The van der Waals surface area contributed by atoms with Crippen molar-refractivity contribution in [1.82, 2.24) is 0 Å². The van der Waals surface area contributed by atoms with Gasteiger partial charge in [0.25, 0.3) is 0 Å². The van der Waals surface area contributed by atoms with Crippen LogP contribution in [-0.4, -0.2) is 21.3 Å². The number of ether oxygens (including phenoxy) is 4. The Morgan fingerprint density at radius 2 is 1.44 bits per heavy atom. The molecule has 0 radical (unpaired) electrons. The number of methoxy groups -OCH3 is 3. The predicted octanol–water partition coefficient (Wildman–Crippen LogP) is 4.86. The van der Waals surface area contributed by atoms with Gasteiger partial charge in [-0.3, -0.25) is 0 Å². The highest BCUT2D eigenvalue weighted by Crippen LogP contribution is 2.38. The molecule has 0 unspecified atom stereocenters. The topological polar surface area (TPSA) is 40.8 Å². The molecule has 0 bridgehead atoms. The molecule has 5 heteroatoms. The van der Waals surface area contributed by atoms with E-state index >= 15 is 0 Å². The van der Waals surface area contributed by atoms with Crippen LogP contribution in [-0.2, 0) is 20.1 Å². The molecule has 0 N–H and O–H groups in total. The molecule has 1 heterocycles. The molecule has 0 saturated heterocycles. The molecule has 0 saturated carbocycles. The number of nitrogens with zero attached hydrogens (tertiary/aromatic N) is 1. The molecule has 0 spiro atoms.